The van der Waals surface area contributed by atoms with Gasteiger partial charge in [0.1, 0.15) is 0 Å². The predicted molar refractivity (Wildman–Crippen MR) is 45.4 cm³/mol. The highest BCUT2D eigenvalue weighted by Gasteiger charge is 2.16. The van der Waals surface area contributed by atoms with E-state index in [4.69, 9.17) is 11.8 Å². The van der Waals surface area contributed by atoms with Crippen molar-refractivity contribution < 1.29 is 4.90 Å². The Labute approximate surface area is 68.7 Å². The average molecular weight is 166 g/mol. The number of hydrogen-bond acceptors (Lipinski definition) is 1. The third-order valence-corrected chi connectivity index (χ3v) is 2.02. The lowest BCUT2D eigenvalue weighted by Gasteiger charge is -2.22. The van der Waals surface area contributed by atoms with Gasteiger partial charge in [0, 0.05) is 12.0 Å². The van der Waals surface area contributed by atoms with E-state index in [0.717, 1.165) is 13.0 Å². The highest BCUT2D eigenvalue weighted by atomic mass is 35.5. The van der Waals surface area contributed by atoms with Crippen LogP contribution in [0.15, 0.2) is 0 Å². The largest absolute Gasteiger partial charge is 0.340 e. The van der Waals surface area contributed by atoms with E-state index >= 15 is 0 Å². The highest BCUT2D eigenvalue weighted by molar-refractivity contribution is 6.13. The van der Waals surface area contributed by atoms with Gasteiger partial charge < -0.3 is 4.90 Å². The van der Waals surface area contributed by atoms with E-state index in [1.807, 2.05) is 0 Å². The van der Waals surface area contributed by atoms with Gasteiger partial charge in [-0.15, -0.1) is 0 Å². The lowest BCUT2D eigenvalue weighted by molar-refractivity contribution is -0.858. The summed E-state index contributed by atoms with van der Waals surface area (Å²) in [5, 5.41) is 0. The first-order chi connectivity index (χ1) is 4.48. The van der Waals surface area contributed by atoms with Crippen LogP contribution >= 0.6 is 11.8 Å². The maximum absolute atomic E-state index is 5.52. The minimum absolute atomic E-state index is 0.0683. The third-order valence-electron chi connectivity index (χ3n) is 1.51. The zero-order chi connectivity index (χ0) is 8.20. The van der Waals surface area contributed by atoms with Gasteiger partial charge >= 0.3 is 0 Å². The van der Waals surface area contributed by atoms with Gasteiger partial charge in [0.25, 0.3) is 0 Å². The molecule has 0 atom stereocenters. The van der Waals surface area contributed by atoms with Crippen LogP contribution in [0.4, 0.5) is 0 Å². The van der Waals surface area contributed by atoms with Gasteiger partial charge in [0.05, 0.1) is 20.6 Å². The molecular weight excluding hydrogens is 148 g/mol. The second kappa shape index (κ2) is 4.16. The second-order valence-electron chi connectivity index (χ2n) is 3.69. The van der Waals surface area contributed by atoms with Crippen LogP contribution in [0.3, 0.4) is 0 Å². The lowest BCUT2D eigenvalue weighted by atomic mass is 10.0. The molecule has 0 radical (unpaired) electrons. The first-order valence-corrected chi connectivity index (χ1v) is 4.02. The van der Waals surface area contributed by atoms with Crippen molar-refractivity contribution in [3.05, 3.63) is 0 Å². The van der Waals surface area contributed by atoms with Crippen molar-refractivity contribution in [1.29, 1.82) is 0 Å². The minimum atomic E-state index is 0.0683. The molecule has 62 valence electrons. The molecule has 0 rings (SSSR count). The Morgan fingerprint density at radius 2 is 1.90 bits per heavy atom. The van der Waals surface area contributed by atoms with Crippen LogP contribution in [0, 0.1) is 0 Å². The molecule has 3 heteroatoms. The second-order valence-corrected chi connectivity index (χ2v) is 3.87. The first kappa shape index (κ1) is 10.2. The molecule has 0 spiro atoms. The highest BCUT2D eigenvalue weighted by Crippen LogP contribution is 2.06. The first-order valence-electron chi connectivity index (χ1n) is 3.65. The molecule has 0 unspecified atom stereocenters. The Morgan fingerprint density at radius 3 is 2.20 bits per heavy atom. The molecule has 0 aliphatic carbocycles. The smallest absolute Gasteiger partial charge is 0.0784 e. The monoisotopic (exact) mass is 165 g/mol. The molecule has 0 aromatic heterocycles. The zero-order valence-electron chi connectivity index (χ0n) is 7.29. The zero-order valence-corrected chi connectivity index (χ0v) is 8.05. The fourth-order valence-electron chi connectivity index (χ4n) is 0.610. The van der Waals surface area contributed by atoms with Crippen molar-refractivity contribution in [3.63, 3.8) is 0 Å². The molecule has 0 amide bonds. The Bertz CT molecular complexity index is 91.6. The Balaban J connectivity index is 3.46. The molecule has 10 heavy (non-hydrogen) atoms. The van der Waals surface area contributed by atoms with Crippen LogP contribution < -0.4 is 9.74 Å². The normalized spacial score (nSPS) is 12.6. The summed E-state index contributed by atoms with van der Waals surface area (Å²) in [5.74, 6) is 0. The summed E-state index contributed by atoms with van der Waals surface area (Å²) in [6.07, 6.45) is 1.10. The number of nitrogens with one attached hydrogen (secondary N) is 2. The fourth-order valence-corrected chi connectivity index (χ4v) is 0.704. The molecule has 0 aliphatic heterocycles. The molecule has 0 heterocycles. The van der Waals surface area contributed by atoms with Crippen molar-refractivity contribution in [2.75, 3.05) is 20.6 Å². The van der Waals surface area contributed by atoms with Gasteiger partial charge in [-0.05, 0) is 25.6 Å². The fraction of sp³-hybridized carbons (Fsp3) is 1.00. The van der Waals surface area contributed by atoms with Crippen LogP contribution in [0.5, 0.6) is 0 Å². The maximum atomic E-state index is 5.52. The third kappa shape index (κ3) is 5.03. The van der Waals surface area contributed by atoms with Crippen molar-refractivity contribution >= 4 is 11.8 Å². The summed E-state index contributed by atoms with van der Waals surface area (Å²) in [7, 11) is 4.29. The van der Waals surface area contributed by atoms with E-state index in [-0.39, 0.29) is 5.54 Å². The van der Waals surface area contributed by atoms with Crippen molar-refractivity contribution in [2.45, 2.75) is 25.8 Å². The molecule has 0 aliphatic rings. The van der Waals surface area contributed by atoms with E-state index in [9.17, 15) is 0 Å². The Kier molecular flexibility index (Phi) is 4.25. The quantitative estimate of drug-likeness (QED) is 0.563. The molecule has 2 N–H and O–H groups in total. The van der Waals surface area contributed by atoms with Gasteiger partial charge in [-0.25, -0.2) is 4.84 Å². The molecule has 0 bridgehead atoms. The molecular formula is C7H18ClN2+. The Hall–Kier alpha value is 0.210. The number of quaternary nitrogens is 1. The van der Waals surface area contributed by atoms with E-state index in [1.54, 1.807) is 0 Å². The topological polar surface area (TPSA) is 16.5 Å². The van der Waals surface area contributed by atoms with E-state index < -0.39 is 0 Å². The summed E-state index contributed by atoms with van der Waals surface area (Å²) in [6.45, 7) is 5.35. The minimum Gasteiger partial charge on any atom is -0.340 e. The molecule has 0 fully saturated rings. The number of rotatable bonds is 4. The average Bonchev–Trinajstić information content (AvgIpc) is 1.85. The van der Waals surface area contributed by atoms with Crippen LogP contribution in [0.1, 0.15) is 20.3 Å². The summed E-state index contributed by atoms with van der Waals surface area (Å²) >= 11 is 5.52. The van der Waals surface area contributed by atoms with E-state index in [2.05, 4.69) is 32.8 Å². The van der Waals surface area contributed by atoms with Crippen molar-refractivity contribution in [2.24, 2.45) is 0 Å². The molecule has 0 saturated heterocycles. The van der Waals surface area contributed by atoms with Crippen molar-refractivity contribution in [1.82, 2.24) is 4.84 Å². The number of halogens is 1. The van der Waals surface area contributed by atoms with Crippen LogP contribution in [0.25, 0.3) is 0 Å². The summed E-state index contributed by atoms with van der Waals surface area (Å²) in [6, 6.07) is 0. The summed E-state index contributed by atoms with van der Waals surface area (Å²) in [5.41, 5.74) is 0.0683. The molecule has 0 saturated carbocycles. The summed E-state index contributed by atoms with van der Waals surface area (Å²) in [4.78, 5) is 4.21. The van der Waals surface area contributed by atoms with Crippen LogP contribution in [-0.2, 0) is 0 Å². The SMILES string of the molecule is C[NH+](C)CCC(C)(C)NCl. The predicted octanol–water partition coefficient (Wildman–Crippen LogP) is 0.0430. The lowest BCUT2D eigenvalue weighted by Crippen LogP contribution is -3.06. The van der Waals surface area contributed by atoms with Crippen LogP contribution in [0.2, 0.25) is 0 Å². The molecule has 0 aromatic carbocycles. The van der Waals surface area contributed by atoms with Gasteiger partial charge in [-0.3, -0.25) is 0 Å². The van der Waals surface area contributed by atoms with Crippen molar-refractivity contribution in [3.8, 4) is 0 Å². The Morgan fingerprint density at radius 1 is 1.40 bits per heavy atom. The van der Waals surface area contributed by atoms with Gasteiger partial charge in [-0.1, -0.05) is 0 Å². The van der Waals surface area contributed by atoms with Crippen LogP contribution in [-0.4, -0.2) is 26.2 Å². The van der Waals surface area contributed by atoms with Gasteiger partial charge in [0.2, 0.25) is 0 Å². The van der Waals surface area contributed by atoms with Gasteiger partial charge in [-0.2, -0.15) is 0 Å². The maximum Gasteiger partial charge on any atom is 0.0784 e. The van der Waals surface area contributed by atoms with E-state index in [0.29, 0.717) is 0 Å². The molecule has 2 nitrogen and oxygen atoms in total. The van der Waals surface area contributed by atoms with Gasteiger partial charge in [0.15, 0.2) is 0 Å². The standard InChI is InChI=1S/C7H17ClN2/c1-7(2,9-8)5-6-10(3)4/h9H,5-6H2,1-4H3/p+1. The number of hydrogen-bond donors (Lipinski definition) is 2. The summed E-state index contributed by atoms with van der Waals surface area (Å²) < 4.78 is 0. The molecule has 0 aromatic rings. The van der Waals surface area contributed by atoms with E-state index in [1.165, 1.54) is 4.90 Å².